The van der Waals surface area contributed by atoms with Crippen LogP contribution >= 0.6 is 0 Å². The minimum Gasteiger partial charge on any atom is -0.310 e. The zero-order valence-corrected chi connectivity index (χ0v) is 25.8. The lowest BCUT2D eigenvalue weighted by atomic mass is 9.96. The van der Waals surface area contributed by atoms with Gasteiger partial charge >= 0.3 is 0 Å². The summed E-state index contributed by atoms with van der Waals surface area (Å²) in [7, 11) is 0. The first-order valence-electron chi connectivity index (χ1n) is 16.2. The van der Waals surface area contributed by atoms with Crippen molar-refractivity contribution in [2.24, 2.45) is 0 Å². The largest absolute Gasteiger partial charge is 0.310 e. The summed E-state index contributed by atoms with van der Waals surface area (Å²) in [5, 5.41) is 10.1. The third kappa shape index (κ3) is 4.90. The van der Waals surface area contributed by atoms with Gasteiger partial charge in [-0.15, -0.1) is 0 Å². The van der Waals surface area contributed by atoms with Gasteiger partial charge in [-0.2, -0.15) is 0 Å². The van der Waals surface area contributed by atoms with Crippen LogP contribution in [0.1, 0.15) is 0 Å². The highest BCUT2D eigenvalue weighted by Gasteiger charge is 2.16. The first kappa shape index (κ1) is 27.2. The highest BCUT2D eigenvalue weighted by atomic mass is 15.1. The quantitative estimate of drug-likeness (QED) is 0.178. The standard InChI is InChI=1S/C46H31N/c1-2-9-32(10-3-1)34-19-24-40(25-20-34)47(41-15-8-14-38(30-41)39-18-17-33-11-4-5-13-37(33)29-39)42-26-21-36-23-27-44-43-16-7-6-12-35(43)22-28-45(44)46(36)31-42/h1-31H. The van der Waals surface area contributed by atoms with E-state index in [0.29, 0.717) is 0 Å². The molecule has 0 aliphatic carbocycles. The number of hydrogen-bond donors (Lipinski definition) is 0. The van der Waals surface area contributed by atoms with Gasteiger partial charge in [-0.1, -0.05) is 146 Å². The Morgan fingerprint density at radius 1 is 0.234 bits per heavy atom. The Balaban J connectivity index is 1.22. The summed E-state index contributed by atoms with van der Waals surface area (Å²) in [5.74, 6) is 0. The van der Waals surface area contributed by atoms with Crippen LogP contribution in [0.2, 0.25) is 0 Å². The Morgan fingerprint density at radius 3 is 1.60 bits per heavy atom. The van der Waals surface area contributed by atoms with Crippen molar-refractivity contribution < 1.29 is 0 Å². The third-order valence-corrected chi connectivity index (χ3v) is 9.41. The molecule has 9 rings (SSSR count). The average Bonchev–Trinajstić information content (AvgIpc) is 3.15. The minimum atomic E-state index is 1.12. The van der Waals surface area contributed by atoms with Gasteiger partial charge in [0.05, 0.1) is 0 Å². The number of anilines is 3. The van der Waals surface area contributed by atoms with Gasteiger partial charge in [-0.3, -0.25) is 0 Å². The molecule has 0 spiro atoms. The van der Waals surface area contributed by atoms with Crippen LogP contribution in [0.5, 0.6) is 0 Å². The van der Waals surface area contributed by atoms with Crippen molar-refractivity contribution >= 4 is 60.2 Å². The number of fused-ring (bicyclic) bond motifs is 6. The molecule has 0 aromatic heterocycles. The number of rotatable bonds is 5. The lowest BCUT2D eigenvalue weighted by molar-refractivity contribution is 1.29. The van der Waals surface area contributed by atoms with Crippen molar-refractivity contribution in [3.05, 3.63) is 188 Å². The normalized spacial score (nSPS) is 11.4. The molecule has 9 aromatic rings. The summed E-state index contributed by atoms with van der Waals surface area (Å²) >= 11 is 0. The SMILES string of the molecule is c1ccc(-c2ccc(N(c3cccc(-c4ccc5ccccc5c4)c3)c3ccc4ccc5c6ccccc6ccc5c4c3)cc2)cc1. The number of hydrogen-bond acceptors (Lipinski definition) is 1. The van der Waals surface area contributed by atoms with Crippen LogP contribution in [0.25, 0.3) is 65.3 Å². The van der Waals surface area contributed by atoms with Gasteiger partial charge in [-0.25, -0.2) is 0 Å². The summed E-state index contributed by atoms with van der Waals surface area (Å²) in [6.07, 6.45) is 0. The fourth-order valence-electron chi connectivity index (χ4n) is 7.02. The Hall–Kier alpha value is -6.18. The van der Waals surface area contributed by atoms with Gasteiger partial charge in [-0.05, 0) is 108 Å². The Kier molecular flexibility index (Phi) is 6.54. The van der Waals surface area contributed by atoms with E-state index in [-0.39, 0.29) is 0 Å². The van der Waals surface area contributed by atoms with Crippen LogP contribution in [-0.4, -0.2) is 0 Å². The zero-order valence-electron chi connectivity index (χ0n) is 25.8. The molecule has 47 heavy (non-hydrogen) atoms. The van der Waals surface area contributed by atoms with Gasteiger partial charge in [0.1, 0.15) is 0 Å². The topological polar surface area (TPSA) is 3.24 Å². The molecule has 1 heteroatoms. The van der Waals surface area contributed by atoms with E-state index in [4.69, 9.17) is 0 Å². The molecule has 0 heterocycles. The minimum absolute atomic E-state index is 1.12. The molecule has 0 unspecified atom stereocenters. The second kappa shape index (κ2) is 11.3. The van der Waals surface area contributed by atoms with E-state index < -0.39 is 0 Å². The van der Waals surface area contributed by atoms with Gasteiger partial charge in [0.25, 0.3) is 0 Å². The first-order valence-corrected chi connectivity index (χ1v) is 16.2. The summed E-state index contributed by atoms with van der Waals surface area (Å²) in [5.41, 5.74) is 8.18. The molecular formula is C46H31N. The lowest BCUT2D eigenvalue weighted by Gasteiger charge is -2.27. The molecule has 220 valence electrons. The summed E-state index contributed by atoms with van der Waals surface area (Å²) in [4.78, 5) is 2.39. The first-order chi connectivity index (χ1) is 23.3. The second-order valence-electron chi connectivity index (χ2n) is 12.2. The van der Waals surface area contributed by atoms with E-state index in [0.717, 1.165) is 17.1 Å². The molecular weight excluding hydrogens is 567 g/mol. The van der Waals surface area contributed by atoms with E-state index in [1.165, 1.54) is 65.3 Å². The Morgan fingerprint density at radius 2 is 0.766 bits per heavy atom. The zero-order chi connectivity index (χ0) is 31.2. The fourth-order valence-corrected chi connectivity index (χ4v) is 7.02. The van der Waals surface area contributed by atoms with Crippen LogP contribution in [0, 0.1) is 0 Å². The molecule has 0 atom stereocenters. The molecule has 1 nitrogen and oxygen atoms in total. The summed E-state index contributed by atoms with van der Waals surface area (Å²) in [6, 6.07) is 68.3. The molecule has 0 aliphatic heterocycles. The van der Waals surface area contributed by atoms with Gasteiger partial charge in [0.15, 0.2) is 0 Å². The van der Waals surface area contributed by atoms with Crippen molar-refractivity contribution in [1.29, 1.82) is 0 Å². The monoisotopic (exact) mass is 597 g/mol. The van der Waals surface area contributed by atoms with Crippen LogP contribution in [0.3, 0.4) is 0 Å². The van der Waals surface area contributed by atoms with Gasteiger partial charge in [0.2, 0.25) is 0 Å². The van der Waals surface area contributed by atoms with Crippen molar-refractivity contribution in [2.45, 2.75) is 0 Å². The van der Waals surface area contributed by atoms with E-state index in [1.54, 1.807) is 0 Å². The molecule has 9 aromatic carbocycles. The van der Waals surface area contributed by atoms with E-state index in [1.807, 2.05) is 0 Å². The number of benzene rings is 9. The van der Waals surface area contributed by atoms with Gasteiger partial charge < -0.3 is 4.90 Å². The Bertz CT molecular complexity index is 2560. The third-order valence-electron chi connectivity index (χ3n) is 9.41. The Labute approximate surface area is 274 Å². The highest BCUT2D eigenvalue weighted by molar-refractivity contribution is 6.17. The molecule has 0 bridgehead atoms. The lowest BCUT2D eigenvalue weighted by Crippen LogP contribution is -2.10. The van der Waals surface area contributed by atoms with Crippen LogP contribution < -0.4 is 4.90 Å². The summed E-state index contributed by atoms with van der Waals surface area (Å²) in [6.45, 7) is 0. The number of nitrogens with zero attached hydrogens (tertiary/aromatic N) is 1. The highest BCUT2D eigenvalue weighted by Crippen LogP contribution is 2.40. The smallest absolute Gasteiger partial charge is 0.0468 e. The molecule has 0 N–H and O–H groups in total. The van der Waals surface area contributed by atoms with E-state index in [9.17, 15) is 0 Å². The molecule has 0 fully saturated rings. The second-order valence-corrected chi connectivity index (χ2v) is 12.2. The fraction of sp³-hybridized carbons (Fsp3) is 0. The van der Waals surface area contributed by atoms with E-state index >= 15 is 0 Å². The predicted octanol–water partition coefficient (Wildman–Crippen LogP) is 13.1. The van der Waals surface area contributed by atoms with E-state index in [2.05, 4.69) is 193 Å². The average molecular weight is 598 g/mol. The molecule has 0 radical (unpaired) electrons. The molecule has 0 aliphatic rings. The maximum Gasteiger partial charge on any atom is 0.0468 e. The van der Waals surface area contributed by atoms with Crippen LogP contribution in [0.15, 0.2) is 188 Å². The molecule has 0 saturated carbocycles. The van der Waals surface area contributed by atoms with Crippen molar-refractivity contribution in [3.8, 4) is 22.3 Å². The van der Waals surface area contributed by atoms with Crippen LogP contribution in [-0.2, 0) is 0 Å². The molecule has 0 saturated heterocycles. The maximum atomic E-state index is 2.39. The van der Waals surface area contributed by atoms with Gasteiger partial charge in [0, 0.05) is 17.1 Å². The summed E-state index contributed by atoms with van der Waals surface area (Å²) < 4.78 is 0. The van der Waals surface area contributed by atoms with Crippen molar-refractivity contribution in [2.75, 3.05) is 4.90 Å². The van der Waals surface area contributed by atoms with Crippen molar-refractivity contribution in [1.82, 2.24) is 0 Å². The van der Waals surface area contributed by atoms with Crippen molar-refractivity contribution in [3.63, 3.8) is 0 Å². The van der Waals surface area contributed by atoms with Crippen LogP contribution in [0.4, 0.5) is 17.1 Å². The predicted molar refractivity (Wildman–Crippen MR) is 202 cm³/mol. The molecule has 0 amide bonds. The maximum absolute atomic E-state index is 2.39.